The second kappa shape index (κ2) is 8.96. The number of halogens is 2. The average molecular weight is 365 g/mol. The molecule has 0 fully saturated rings. The summed E-state index contributed by atoms with van der Waals surface area (Å²) in [4.78, 5) is 15.6. The number of alkyl halides is 1. The van der Waals surface area contributed by atoms with Crippen molar-refractivity contribution in [3.8, 4) is 0 Å². The first kappa shape index (κ1) is 20.1. The zero-order valence-electron chi connectivity index (χ0n) is 16.1. The Labute approximate surface area is 155 Å². The molecule has 144 valence electrons. The molecule has 0 spiro atoms. The first-order chi connectivity index (χ1) is 12.4. The first-order valence-corrected chi connectivity index (χ1v) is 9.01. The summed E-state index contributed by atoms with van der Waals surface area (Å²) in [5.41, 5.74) is -0.137. The minimum absolute atomic E-state index is 0.137. The minimum Gasteiger partial charge on any atom is -0.339 e. The smallest absolute Gasteiger partial charge is 0.203 e. The summed E-state index contributed by atoms with van der Waals surface area (Å²) in [5, 5.41) is 0. The number of nitrogens with zero attached hydrogens (tertiary/aromatic N) is 5. The van der Waals surface area contributed by atoms with Crippen LogP contribution >= 0.6 is 0 Å². The van der Waals surface area contributed by atoms with Crippen LogP contribution in [0.2, 0.25) is 0 Å². The molecule has 0 aromatic carbocycles. The summed E-state index contributed by atoms with van der Waals surface area (Å²) in [6.45, 7) is 8.75. The van der Waals surface area contributed by atoms with E-state index in [-0.39, 0.29) is 5.54 Å². The molecular weight excluding hydrogens is 336 g/mol. The molecule has 0 unspecified atom stereocenters. The van der Waals surface area contributed by atoms with Gasteiger partial charge in [-0.2, -0.15) is 0 Å². The highest BCUT2D eigenvalue weighted by Gasteiger charge is 2.38. The predicted molar refractivity (Wildman–Crippen MR) is 104 cm³/mol. The fraction of sp³-hybridized carbons (Fsp3) is 0.579. The maximum Gasteiger partial charge on any atom is 0.203 e. The third-order valence-corrected chi connectivity index (χ3v) is 4.26. The van der Waals surface area contributed by atoms with Crippen molar-refractivity contribution in [2.24, 2.45) is 9.98 Å². The van der Waals surface area contributed by atoms with Gasteiger partial charge in [0, 0.05) is 26.7 Å². The summed E-state index contributed by atoms with van der Waals surface area (Å²) in [7, 11) is 1.73. The highest BCUT2D eigenvalue weighted by atomic mass is 19.1. The zero-order chi connectivity index (χ0) is 19.2. The number of aliphatic imine (C=N–C) groups is 2. The Morgan fingerprint density at radius 3 is 2.88 bits per heavy atom. The third kappa shape index (κ3) is 4.93. The van der Waals surface area contributed by atoms with E-state index in [0.29, 0.717) is 13.0 Å². The van der Waals surface area contributed by atoms with Crippen LogP contribution < -0.4 is 0 Å². The molecule has 0 radical (unpaired) electrons. The SMILES string of the molecule is CCN1CC=C(N(C=NC)CC/C=C\C(F)=C/CF)N2CC(C)(C)N=C12. The average Bonchev–Trinajstić information content (AvgIpc) is 2.92. The van der Waals surface area contributed by atoms with Gasteiger partial charge in [0.15, 0.2) is 0 Å². The lowest BCUT2D eigenvalue weighted by Crippen LogP contribution is -2.49. The molecule has 0 aliphatic carbocycles. The van der Waals surface area contributed by atoms with Crippen LogP contribution in [0.25, 0.3) is 0 Å². The number of hydrogen-bond acceptors (Lipinski definition) is 4. The molecule has 0 saturated heterocycles. The van der Waals surface area contributed by atoms with E-state index in [1.165, 1.54) is 6.08 Å². The minimum atomic E-state index is -0.793. The van der Waals surface area contributed by atoms with Crippen LogP contribution in [0, 0.1) is 0 Å². The lowest BCUT2D eigenvalue weighted by molar-refractivity contribution is 0.298. The molecule has 0 atom stereocenters. The van der Waals surface area contributed by atoms with Crippen LogP contribution in [0.4, 0.5) is 8.78 Å². The molecule has 0 aromatic rings. The molecule has 5 nitrogen and oxygen atoms in total. The molecule has 0 saturated carbocycles. The molecule has 2 aliphatic rings. The van der Waals surface area contributed by atoms with Crippen molar-refractivity contribution in [3.05, 3.63) is 36.0 Å². The van der Waals surface area contributed by atoms with E-state index in [2.05, 4.69) is 46.5 Å². The van der Waals surface area contributed by atoms with Gasteiger partial charge in [-0.1, -0.05) is 6.08 Å². The number of likely N-dealkylation sites (N-methyl/N-ethyl adjacent to an activating group) is 1. The largest absolute Gasteiger partial charge is 0.339 e. The maximum atomic E-state index is 13.2. The molecule has 2 rings (SSSR count). The third-order valence-electron chi connectivity index (χ3n) is 4.26. The highest BCUT2D eigenvalue weighted by molar-refractivity contribution is 5.86. The van der Waals surface area contributed by atoms with Crippen LogP contribution in [-0.4, -0.2) is 72.4 Å². The van der Waals surface area contributed by atoms with Crippen molar-refractivity contribution in [3.63, 3.8) is 0 Å². The van der Waals surface area contributed by atoms with Gasteiger partial charge in [0.1, 0.15) is 18.3 Å². The van der Waals surface area contributed by atoms with Gasteiger partial charge in [-0.3, -0.25) is 9.89 Å². The van der Waals surface area contributed by atoms with Crippen molar-refractivity contribution in [2.75, 3.05) is 39.9 Å². The van der Waals surface area contributed by atoms with Gasteiger partial charge in [-0.15, -0.1) is 0 Å². The van der Waals surface area contributed by atoms with E-state index in [1.807, 2.05) is 0 Å². The number of fused-ring (bicyclic) bond motifs is 1. The quantitative estimate of drug-likeness (QED) is 0.376. The Morgan fingerprint density at radius 1 is 1.46 bits per heavy atom. The summed E-state index contributed by atoms with van der Waals surface area (Å²) in [6, 6.07) is 0. The Balaban J connectivity index is 2.13. The van der Waals surface area contributed by atoms with E-state index < -0.39 is 12.5 Å². The van der Waals surface area contributed by atoms with E-state index >= 15 is 0 Å². The fourth-order valence-electron chi connectivity index (χ4n) is 3.10. The van der Waals surface area contributed by atoms with Crippen molar-refractivity contribution >= 4 is 12.3 Å². The van der Waals surface area contributed by atoms with Crippen LogP contribution in [0.3, 0.4) is 0 Å². The zero-order valence-corrected chi connectivity index (χ0v) is 16.1. The highest BCUT2D eigenvalue weighted by Crippen LogP contribution is 2.29. The molecule has 2 heterocycles. The van der Waals surface area contributed by atoms with Crippen molar-refractivity contribution in [1.29, 1.82) is 0 Å². The molecule has 0 aromatic heterocycles. The van der Waals surface area contributed by atoms with Crippen LogP contribution in [0.1, 0.15) is 27.2 Å². The second-order valence-electron chi connectivity index (χ2n) is 6.91. The summed E-state index contributed by atoms with van der Waals surface area (Å²) >= 11 is 0. The molecule has 26 heavy (non-hydrogen) atoms. The number of hydrogen-bond donors (Lipinski definition) is 0. The van der Waals surface area contributed by atoms with E-state index in [9.17, 15) is 8.78 Å². The van der Waals surface area contributed by atoms with Crippen LogP contribution in [0.15, 0.2) is 45.9 Å². The van der Waals surface area contributed by atoms with E-state index in [1.54, 1.807) is 19.5 Å². The Morgan fingerprint density at radius 2 is 2.23 bits per heavy atom. The van der Waals surface area contributed by atoms with Gasteiger partial charge < -0.3 is 9.80 Å². The standard InChI is InChI=1S/C19H29F2N5/c1-5-24-13-10-17(26-14-19(2,3)23-18(24)26)25(15-22-4)12-7-6-8-16(21)9-11-20/h6,8-10,15H,5,7,11-14H2,1-4H3/b8-6-,16-9+,22-15?. The maximum absolute atomic E-state index is 13.2. The fourth-order valence-corrected chi connectivity index (χ4v) is 3.10. The van der Waals surface area contributed by atoms with Crippen LogP contribution in [0.5, 0.6) is 0 Å². The predicted octanol–water partition coefficient (Wildman–Crippen LogP) is 3.34. The molecule has 0 N–H and O–H groups in total. The molecule has 2 aliphatic heterocycles. The second-order valence-corrected chi connectivity index (χ2v) is 6.91. The molecule has 0 amide bonds. The Hall–Kier alpha value is -2.18. The lowest BCUT2D eigenvalue weighted by Gasteiger charge is -2.39. The summed E-state index contributed by atoms with van der Waals surface area (Å²) in [6.07, 6.45) is 8.53. The van der Waals surface area contributed by atoms with Gasteiger partial charge in [-0.25, -0.2) is 13.8 Å². The number of rotatable bonds is 8. The normalized spacial score (nSPS) is 20.0. The first-order valence-electron chi connectivity index (χ1n) is 9.01. The van der Waals surface area contributed by atoms with Crippen molar-refractivity contribution in [1.82, 2.24) is 14.7 Å². The van der Waals surface area contributed by atoms with Gasteiger partial charge in [0.05, 0.1) is 18.4 Å². The Kier molecular flexibility index (Phi) is 6.94. The van der Waals surface area contributed by atoms with Crippen molar-refractivity contribution in [2.45, 2.75) is 32.7 Å². The van der Waals surface area contributed by atoms with Gasteiger partial charge in [0.2, 0.25) is 5.96 Å². The van der Waals surface area contributed by atoms with E-state index in [4.69, 9.17) is 4.99 Å². The van der Waals surface area contributed by atoms with Gasteiger partial charge in [-0.05, 0) is 45.4 Å². The molecule has 7 heteroatoms. The molecular formula is C19H29F2N5. The monoisotopic (exact) mass is 365 g/mol. The van der Waals surface area contributed by atoms with Crippen LogP contribution in [-0.2, 0) is 0 Å². The number of allylic oxidation sites excluding steroid dienone is 3. The topological polar surface area (TPSA) is 34.4 Å². The number of guanidine groups is 1. The van der Waals surface area contributed by atoms with Gasteiger partial charge in [0.25, 0.3) is 0 Å². The molecule has 0 bridgehead atoms. The lowest BCUT2D eigenvalue weighted by atomic mass is 10.1. The van der Waals surface area contributed by atoms with Gasteiger partial charge >= 0.3 is 0 Å². The van der Waals surface area contributed by atoms with Crippen molar-refractivity contribution < 1.29 is 8.78 Å². The van der Waals surface area contributed by atoms with E-state index in [0.717, 1.165) is 37.5 Å². The Bertz CT molecular complexity index is 634. The summed E-state index contributed by atoms with van der Waals surface area (Å²) < 4.78 is 25.3. The summed E-state index contributed by atoms with van der Waals surface area (Å²) in [5.74, 6) is 1.50.